The molecule has 28 heavy (non-hydrogen) atoms. The molecule has 3 N–H and O–H groups in total. The Bertz CT molecular complexity index is 763. The molecule has 0 aromatic heterocycles. The van der Waals surface area contributed by atoms with E-state index in [9.17, 15) is 4.79 Å². The largest absolute Gasteiger partial charge is 0.399 e. The van der Waals surface area contributed by atoms with E-state index in [0.29, 0.717) is 17.8 Å². The number of morpholine rings is 1. The van der Waals surface area contributed by atoms with Gasteiger partial charge in [-0.15, -0.1) is 24.8 Å². The first-order valence-electron chi connectivity index (χ1n) is 9.07. The molecule has 3 rings (SSSR count). The van der Waals surface area contributed by atoms with Crippen molar-refractivity contribution in [2.75, 3.05) is 38.6 Å². The first kappa shape index (κ1) is 24.2. The second-order valence-electron chi connectivity index (χ2n) is 6.86. The standard InChI is InChI=1S/C21H27N3O2.2ClH/c1-15-3-6-17(7-4-15)20(24-9-11-26-12-10-24)14-23-21(25)19-13-18(22)8-5-16(19)2;;/h3-8,13,20H,9-12,14,22H2,1-2H3,(H,23,25);2*1H. The van der Waals surface area contributed by atoms with Crippen LogP contribution in [0.25, 0.3) is 0 Å². The average molecular weight is 426 g/mol. The molecule has 1 unspecified atom stereocenters. The van der Waals surface area contributed by atoms with Crippen LogP contribution in [0.2, 0.25) is 0 Å². The maximum atomic E-state index is 12.7. The van der Waals surface area contributed by atoms with Gasteiger partial charge in [0.1, 0.15) is 0 Å². The van der Waals surface area contributed by atoms with Crippen molar-refractivity contribution >= 4 is 36.4 Å². The number of ether oxygens (including phenoxy) is 1. The third kappa shape index (κ3) is 6.11. The Morgan fingerprint density at radius 2 is 1.75 bits per heavy atom. The normalized spacial score (nSPS) is 15.1. The van der Waals surface area contributed by atoms with Crippen molar-refractivity contribution in [3.05, 3.63) is 64.7 Å². The highest BCUT2D eigenvalue weighted by molar-refractivity contribution is 5.96. The van der Waals surface area contributed by atoms with E-state index in [1.807, 2.05) is 19.1 Å². The summed E-state index contributed by atoms with van der Waals surface area (Å²) >= 11 is 0. The summed E-state index contributed by atoms with van der Waals surface area (Å²) in [7, 11) is 0. The minimum absolute atomic E-state index is 0. The number of anilines is 1. The molecule has 1 aliphatic heterocycles. The molecule has 0 bridgehead atoms. The van der Waals surface area contributed by atoms with Gasteiger partial charge in [-0.25, -0.2) is 0 Å². The molecule has 0 aliphatic carbocycles. The fourth-order valence-electron chi connectivity index (χ4n) is 3.30. The summed E-state index contributed by atoms with van der Waals surface area (Å²) in [5, 5.41) is 3.10. The molecule has 154 valence electrons. The molecule has 0 radical (unpaired) electrons. The van der Waals surface area contributed by atoms with Gasteiger partial charge in [-0.05, 0) is 37.1 Å². The molecule has 1 heterocycles. The van der Waals surface area contributed by atoms with Gasteiger partial charge >= 0.3 is 0 Å². The van der Waals surface area contributed by atoms with Crippen LogP contribution in [-0.4, -0.2) is 43.7 Å². The smallest absolute Gasteiger partial charge is 0.251 e. The Morgan fingerprint density at radius 3 is 2.39 bits per heavy atom. The molecule has 0 spiro atoms. The van der Waals surface area contributed by atoms with E-state index in [4.69, 9.17) is 10.5 Å². The van der Waals surface area contributed by atoms with Gasteiger partial charge in [-0.2, -0.15) is 0 Å². The highest BCUT2D eigenvalue weighted by Crippen LogP contribution is 2.22. The Kier molecular flexibility index (Phi) is 9.76. The molecule has 1 fully saturated rings. The Labute approximate surface area is 179 Å². The SMILES string of the molecule is Cc1ccc(C(CNC(=O)c2cc(N)ccc2C)N2CCOCC2)cc1.Cl.Cl. The summed E-state index contributed by atoms with van der Waals surface area (Å²) in [5.41, 5.74) is 10.4. The molecule has 5 nitrogen and oxygen atoms in total. The molecule has 0 saturated carbocycles. The van der Waals surface area contributed by atoms with E-state index >= 15 is 0 Å². The number of rotatable bonds is 5. The van der Waals surface area contributed by atoms with Crippen LogP contribution < -0.4 is 11.1 Å². The van der Waals surface area contributed by atoms with Gasteiger partial charge in [-0.1, -0.05) is 35.9 Å². The van der Waals surface area contributed by atoms with Crippen molar-refractivity contribution in [1.82, 2.24) is 10.2 Å². The number of aryl methyl sites for hydroxylation is 2. The van der Waals surface area contributed by atoms with E-state index in [1.165, 1.54) is 11.1 Å². The lowest BCUT2D eigenvalue weighted by Gasteiger charge is -2.35. The van der Waals surface area contributed by atoms with Crippen LogP contribution in [0.3, 0.4) is 0 Å². The van der Waals surface area contributed by atoms with E-state index in [0.717, 1.165) is 31.9 Å². The summed E-state index contributed by atoms with van der Waals surface area (Å²) in [6.45, 7) is 7.74. The summed E-state index contributed by atoms with van der Waals surface area (Å²) in [6.07, 6.45) is 0. The molecular formula is C21H29Cl2N3O2. The van der Waals surface area contributed by atoms with Crippen LogP contribution in [0.15, 0.2) is 42.5 Å². The van der Waals surface area contributed by atoms with Crippen molar-refractivity contribution < 1.29 is 9.53 Å². The monoisotopic (exact) mass is 425 g/mol. The summed E-state index contributed by atoms with van der Waals surface area (Å²) < 4.78 is 5.49. The number of hydrogen-bond donors (Lipinski definition) is 2. The number of nitrogen functional groups attached to an aromatic ring is 1. The molecule has 1 atom stereocenters. The maximum absolute atomic E-state index is 12.7. The molecule has 1 aliphatic rings. The van der Waals surface area contributed by atoms with Gasteiger partial charge in [0.2, 0.25) is 0 Å². The number of benzene rings is 2. The van der Waals surface area contributed by atoms with Gasteiger partial charge in [0, 0.05) is 30.9 Å². The Morgan fingerprint density at radius 1 is 1.11 bits per heavy atom. The van der Waals surface area contributed by atoms with Crippen molar-refractivity contribution in [2.45, 2.75) is 19.9 Å². The van der Waals surface area contributed by atoms with Crippen LogP contribution >= 0.6 is 24.8 Å². The van der Waals surface area contributed by atoms with Gasteiger partial charge in [-0.3, -0.25) is 9.69 Å². The first-order valence-corrected chi connectivity index (χ1v) is 9.07. The van der Waals surface area contributed by atoms with Crippen molar-refractivity contribution in [1.29, 1.82) is 0 Å². The van der Waals surface area contributed by atoms with E-state index in [2.05, 4.69) is 41.4 Å². The number of nitrogens with one attached hydrogen (secondary N) is 1. The van der Waals surface area contributed by atoms with Gasteiger partial charge in [0.15, 0.2) is 0 Å². The number of nitrogens with two attached hydrogens (primary N) is 1. The minimum Gasteiger partial charge on any atom is -0.399 e. The Hall–Kier alpha value is -1.79. The predicted octanol–water partition coefficient (Wildman–Crippen LogP) is 3.53. The molecule has 1 saturated heterocycles. The average Bonchev–Trinajstić information content (AvgIpc) is 2.66. The highest BCUT2D eigenvalue weighted by atomic mass is 35.5. The van der Waals surface area contributed by atoms with Crippen LogP contribution in [0, 0.1) is 13.8 Å². The van der Waals surface area contributed by atoms with E-state index in [-0.39, 0.29) is 36.8 Å². The second kappa shape index (κ2) is 11.3. The molecule has 1 amide bonds. The van der Waals surface area contributed by atoms with Crippen LogP contribution in [0.1, 0.15) is 33.1 Å². The lowest BCUT2D eigenvalue weighted by Crippen LogP contribution is -2.43. The second-order valence-corrected chi connectivity index (χ2v) is 6.86. The van der Waals surface area contributed by atoms with Crippen molar-refractivity contribution in [3.63, 3.8) is 0 Å². The molecule has 2 aromatic carbocycles. The zero-order chi connectivity index (χ0) is 18.5. The number of carbonyl (C=O) groups is 1. The van der Waals surface area contributed by atoms with Crippen LogP contribution in [0.5, 0.6) is 0 Å². The van der Waals surface area contributed by atoms with Crippen molar-refractivity contribution in [3.8, 4) is 0 Å². The fourth-order valence-corrected chi connectivity index (χ4v) is 3.30. The van der Waals surface area contributed by atoms with Gasteiger partial charge < -0.3 is 15.8 Å². The van der Waals surface area contributed by atoms with Gasteiger partial charge in [0.25, 0.3) is 5.91 Å². The number of hydrogen-bond acceptors (Lipinski definition) is 4. The molecular weight excluding hydrogens is 397 g/mol. The predicted molar refractivity (Wildman–Crippen MR) is 119 cm³/mol. The van der Waals surface area contributed by atoms with Crippen molar-refractivity contribution in [2.24, 2.45) is 0 Å². The third-order valence-corrected chi connectivity index (χ3v) is 4.91. The first-order chi connectivity index (χ1) is 12.5. The number of carbonyl (C=O) groups excluding carboxylic acids is 1. The third-order valence-electron chi connectivity index (χ3n) is 4.91. The zero-order valence-electron chi connectivity index (χ0n) is 16.3. The zero-order valence-corrected chi connectivity index (χ0v) is 17.9. The number of nitrogens with zero attached hydrogens (tertiary/aromatic N) is 1. The van der Waals surface area contributed by atoms with E-state index in [1.54, 1.807) is 6.07 Å². The van der Waals surface area contributed by atoms with Gasteiger partial charge in [0.05, 0.1) is 19.3 Å². The summed E-state index contributed by atoms with van der Waals surface area (Å²) in [5.74, 6) is -0.0832. The minimum atomic E-state index is -0.0832. The molecule has 2 aromatic rings. The fraction of sp³-hybridized carbons (Fsp3) is 0.381. The quantitative estimate of drug-likeness (QED) is 0.718. The van der Waals surface area contributed by atoms with E-state index < -0.39 is 0 Å². The lowest BCUT2D eigenvalue weighted by molar-refractivity contribution is 0.0162. The number of halogens is 2. The lowest BCUT2D eigenvalue weighted by atomic mass is 10.0. The summed E-state index contributed by atoms with van der Waals surface area (Å²) in [6, 6.07) is 14.1. The topological polar surface area (TPSA) is 67.6 Å². The highest BCUT2D eigenvalue weighted by Gasteiger charge is 2.23. The molecule has 7 heteroatoms. The van der Waals surface area contributed by atoms with Crippen LogP contribution in [-0.2, 0) is 4.74 Å². The van der Waals surface area contributed by atoms with Crippen LogP contribution in [0.4, 0.5) is 5.69 Å². The number of amides is 1. The Balaban J connectivity index is 0.00000196. The maximum Gasteiger partial charge on any atom is 0.251 e. The summed E-state index contributed by atoms with van der Waals surface area (Å²) in [4.78, 5) is 15.1.